The molecule has 0 fully saturated rings. The van der Waals surface area contributed by atoms with Crippen LogP contribution in [-0.2, 0) is 9.47 Å². The number of nitrogens with zero attached hydrogens (tertiary/aromatic N) is 3. The molecule has 30 heavy (non-hydrogen) atoms. The number of methoxy groups -OCH3 is 2. The van der Waals surface area contributed by atoms with Gasteiger partial charge < -0.3 is 14.4 Å². The Labute approximate surface area is 180 Å². The molecule has 0 N–H and O–H groups in total. The van der Waals surface area contributed by atoms with Crippen LogP contribution in [0.1, 0.15) is 28.1 Å². The van der Waals surface area contributed by atoms with Gasteiger partial charge in [0.1, 0.15) is 11.6 Å². The lowest BCUT2D eigenvalue weighted by atomic mass is 9.91. The van der Waals surface area contributed by atoms with E-state index < -0.39 is 0 Å². The van der Waals surface area contributed by atoms with Crippen molar-refractivity contribution in [3.05, 3.63) is 52.3 Å². The van der Waals surface area contributed by atoms with Crippen LogP contribution in [0.15, 0.2) is 24.3 Å². The average Bonchev–Trinajstić information content (AvgIpc) is 2.68. The molecule has 0 saturated carbocycles. The lowest BCUT2D eigenvalue weighted by Gasteiger charge is -2.26. The minimum Gasteiger partial charge on any atom is -0.383 e. The first-order valence-corrected chi connectivity index (χ1v) is 10.5. The van der Waals surface area contributed by atoms with Crippen molar-refractivity contribution in [1.82, 2.24) is 9.97 Å². The molecule has 1 aromatic heterocycles. The molecule has 0 radical (unpaired) electrons. The van der Waals surface area contributed by atoms with Crippen molar-refractivity contribution in [1.29, 1.82) is 0 Å². The van der Waals surface area contributed by atoms with E-state index in [1.807, 2.05) is 6.92 Å². The third-order valence-corrected chi connectivity index (χ3v) is 5.53. The highest BCUT2D eigenvalue weighted by Gasteiger charge is 2.19. The van der Waals surface area contributed by atoms with Gasteiger partial charge in [0.2, 0.25) is 0 Å². The molecular weight excluding hydrogens is 374 g/mol. The van der Waals surface area contributed by atoms with E-state index in [2.05, 4.69) is 56.9 Å². The van der Waals surface area contributed by atoms with Crippen molar-refractivity contribution in [3.8, 4) is 11.1 Å². The lowest BCUT2D eigenvalue weighted by molar-refractivity contribution is 0.190. The molecule has 5 heteroatoms. The van der Waals surface area contributed by atoms with E-state index in [1.54, 1.807) is 14.2 Å². The Morgan fingerprint density at radius 2 is 1.40 bits per heavy atom. The normalized spacial score (nSPS) is 11.3. The summed E-state index contributed by atoms with van der Waals surface area (Å²) in [6.45, 7) is 13.4. The lowest BCUT2D eigenvalue weighted by Crippen LogP contribution is -2.32. The molecule has 0 saturated heterocycles. The van der Waals surface area contributed by atoms with Gasteiger partial charge in [-0.1, -0.05) is 29.8 Å². The number of aromatic nitrogens is 2. The van der Waals surface area contributed by atoms with Crippen LogP contribution < -0.4 is 4.90 Å². The van der Waals surface area contributed by atoms with Gasteiger partial charge in [-0.05, 0) is 56.9 Å². The minimum absolute atomic E-state index is 0.628. The quantitative estimate of drug-likeness (QED) is 0.529. The summed E-state index contributed by atoms with van der Waals surface area (Å²) in [7, 11) is 3.45. The third kappa shape index (κ3) is 4.47. The molecule has 3 aromatic rings. The van der Waals surface area contributed by atoms with E-state index in [1.165, 1.54) is 27.8 Å². The van der Waals surface area contributed by atoms with E-state index in [4.69, 9.17) is 19.4 Å². The summed E-state index contributed by atoms with van der Waals surface area (Å²) in [5.74, 6) is 1.72. The predicted octanol–water partition coefficient (Wildman–Crippen LogP) is 4.94. The van der Waals surface area contributed by atoms with Gasteiger partial charge in [0, 0.05) is 38.3 Å². The molecule has 0 bridgehead atoms. The molecule has 0 aliphatic carbocycles. The van der Waals surface area contributed by atoms with Crippen molar-refractivity contribution in [2.75, 3.05) is 45.4 Å². The Morgan fingerprint density at radius 1 is 0.800 bits per heavy atom. The topological polar surface area (TPSA) is 47.5 Å². The maximum atomic E-state index is 5.36. The summed E-state index contributed by atoms with van der Waals surface area (Å²) < 4.78 is 10.7. The van der Waals surface area contributed by atoms with Gasteiger partial charge in [-0.25, -0.2) is 9.97 Å². The first-order chi connectivity index (χ1) is 14.4. The molecular formula is C25H33N3O2. The first-order valence-electron chi connectivity index (χ1n) is 10.5. The highest BCUT2D eigenvalue weighted by molar-refractivity contribution is 6.02. The molecule has 0 amide bonds. The van der Waals surface area contributed by atoms with Gasteiger partial charge in [0.25, 0.3) is 0 Å². The fraction of sp³-hybridized carbons (Fsp3) is 0.440. The van der Waals surface area contributed by atoms with Crippen molar-refractivity contribution in [3.63, 3.8) is 0 Å². The van der Waals surface area contributed by atoms with Gasteiger partial charge in [-0.3, -0.25) is 0 Å². The summed E-state index contributed by atoms with van der Waals surface area (Å²) in [6, 6.07) is 8.87. The largest absolute Gasteiger partial charge is 0.383 e. The van der Waals surface area contributed by atoms with Crippen LogP contribution in [-0.4, -0.2) is 50.5 Å². The number of fused-ring (bicyclic) bond motifs is 1. The first kappa shape index (κ1) is 22.2. The Kier molecular flexibility index (Phi) is 7.06. The molecule has 5 nitrogen and oxygen atoms in total. The Morgan fingerprint density at radius 3 is 1.97 bits per heavy atom. The molecule has 2 aromatic carbocycles. The van der Waals surface area contributed by atoms with Gasteiger partial charge in [0.05, 0.1) is 18.7 Å². The van der Waals surface area contributed by atoms with Crippen LogP contribution in [0.4, 0.5) is 5.82 Å². The Balaban J connectivity index is 2.29. The van der Waals surface area contributed by atoms with Crippen LogP contribution >= 0.6 is 0 Å². The van der Waals surface area contributed by atoms with Crippen LogP contribution in [0.5, 0.6) is 0 Å². The zero-order valence-corrected chi connectivity index (χ0v) is 19.3. The monoisotopic (exact) mass is 407 g/mol. The second kappa shape index (κ2) is 9.54. The molecule has 0 spiro atoms. The molecule has 1 heterocycles. The van der Waals surface area contributed by atoms with Crippen molar-refractivity contribution in [2.24, 2.45) is 0 Å². The summed E-state index contributed by atoms with van der Waals surface area (Å²) in [4.78, 5) is 12.0. The number of aryl methyl sites for hydroxylation is 5. The zero-order chi connectivity index (χ0) is 21.8. The average molecular weight is 408 g/mol. The van der Waals surface area contributed by atoms with Crippen LogP contribution in [0.2, 0.25) is 0 Å². The van der Waals surface area contributed by atoms with Crippen molar-refractivity contribution >= 4 is 16.7 Å². The van der Waals surface area contributed by atoms with E-state index in [-0.39, 0.29) is 0 Å². The molecule has 160 valence electrons. The van der Waals surface area contributed by atoms with E-state index in [0.29, 0.717) is 13.2 Å². The third-order valence-electron chi connectivity index (χ3n) is 5.53. The van der Waals surface area contributed by atoms with Crippen LogP contribution in [0.3, 0.4) is 0 Å². The van der Waals surface area contributed by atoms with Gasteiger partial charge in [-0.2, -0.15) is 0 Å². The molecule has 0 aliphatic heterocycles. The van der Waals surface area contributed by atoms with Gasteiger partial charge in [-0.15, -0.1) is 0 Å². The SMILES string of the molecule is COCCN(CCOC)c1nc(C)nc2c(-c3c(C)cc(C)cc3C)ccc(C)c12. The molecule has 0 aliphatic rings. The second-order valence-corrected chi connectivity index (χ2v) is 7.99. The van der Waals surface area contributed by atoms with E-state index in [0.717, 1.165) is 41.2 Å². The molecule has 3 rings (SSSR count). The van der Waals surface area contributed by atoms with Crippen molar-refractivity contribution < 1.29 is 9.47 Å². The maximum absolute atomic E-state index is 5.36. The summed E-state index contributed by atoms with van der Waals surface area (Å²) in [6.07, 6.45) is 0. The second-order valence-electron chi connectivity index (χ2n) is 7.99. The zero-order valence-electron chi connectivity index (χ0n) is 19.3. The standard InChI is InChI=1S/C25H33N3O2/c1-16-14-18(3)22(19(4)15-16)21-9-8-17(2)23-24(21)26-20(5)27-25(23)28(10-12-29-6)11-13-30-7/h8-9,14-15H,10-13H2,1-7H3. The van der Waals surface area contributed by atoms with Gasteiger partial charge in [0.15, 0.2) is 0 Å². The maximum Gasteiger partial charge on any atom is 0.140 e. The summed E-state index contributed by atoms with van der Waals surface area (Å²) in [5.41, 5.74) is 8.42. The highest BCUT2D eigenvalue weighted by atomic mass is 16.5. The van der Waals surface area contributed by atoms with Crippen LogP contribution in [0, 0.1) is 34.6 Å². The molecule has 0 atom stereocenters. The number of hydrogen-bond donors (Lipinski definition) is 0. The smallest absolute Gasteiger partial charge is 0.140 e. The number of rotatable bonds is 8. The Bertz CT molecular complexity index is 1020. The minimum atomic E-state index is 0.628. The highest BCUT2D eigenvalue weighted by Crippen LogP contribution is 2.37. The van der Waals surface area contributed by atoms with Crippen molar-refractivity contribution in [2.45, 2.75) is 34.6 Å². The van der Waals surface area contributed by atoms with Gasteiger partial charge >= 0.3 is 0 Å². The molecule has 0 unspecified atom stereocenters. The number of benzene rings is 2. The predicted molar refractivity (Wildman–Crippen MR) is 125 cm³/mol. The van der Waals surface area contributed by atoms with E-state index in [9.17, 15) is 0 Å². The van der Waals surface area contributed by atoms with E-state index >= 15 is 0 Å². The summed E-state index contributed by atoms with van der Waals surface area (Å²) >= 11 is 0. The van der Waals surface area contributed by atoms with Crippen LogP contribution in [0.25, 0.3) is 22.0 Å². The fourth-order valence-electron chi connectivity index (χ4n) is 4.25. The number of ether oxygens (including phenoxy) is 2. The Hall–Kier alpha value is -2.50. The fourth-order valence-corrected chi connectivity index (χ4v) is 4.25. The number of anilines is 1. The number of hydrogen-bond acceptors (Lipinski definition) is 5. The summed E-state index contributed by atoms with van der Waals surface area (Å²) in [5, 5.41) is 1.10.